The fraction of sp³-hybridized carbons (Fsp3) is 0.474. The summed E-state index contributed by atoms with van der Waals surface area (Å²) in [7, 11) is -3.39. The number of anilines is 1. The summed E-state index contributed by atoms with van der Waals surface area (Å²) in [6, 6.07) is 7.34. The van der Waals surface area contributed by atoms with Crippen LogP contribution >= 0.6 is 0 Å². The van der Waals surface area contributed by atoms with Crippen LogP contribution in [-0.2, 0) is 9.84 Å². The van der Waals surface area contributed by atoms with Gasteiger partial charge in [-0.2, -0.15) is 0 Å². The Hall–Kier alpha value is -2.06. The van der Waals surface area contributed by atoms with Crippen LogP contribution in [0.15, 0.2) is 47.6 Å². The van der Waals surface area contributed by atoms with Gasteiger partial charge in [0.05, 0.1) is 10.6 Å². The van der Waals surface area contributed by atoms with E-state index in [2.05, 4.69) is 19.8 Å². The van der Waals surface area contributed by atoms with Gasteiger partial charge in [-0.05, 0) is 49.1 Å². The topological polar surface area (TPSA) is 66.4 Å². The average molecular weight is 390 g/mol. The lowest BCUT2D eigenvalue weighted by molar-refractivity contribution is 0.102. The number of nitrogens with zero attached hydrogens (tertiary/aromatic N) is 4. The SMILES string of the molecule is O=S(=O)(C[C@@H]1CCC2CN(c3ncccn3)CCN2C1)c1ccc(F)cc1. The lowest BCUT2D eigenvalue weighted by Gasteiger charge is -2.46. The highest BCUT2D eigenvalue weighted by Crippen LogP contribution is 2.28. The zero-order valence-electron chi connectivity index (χ0n) is 15.0. The summed E-state index contributed by atoms with van der Waals surface area (Å²) in [5, 5.41) is 0. The third-order valence-electron chi connectivity index (χ3n) is 5.47. The van der Waals surface area contributed by atoms with Crippen molar-refractivity contribution in [1.82, 2.24) is 14.9 Å². The van der Waals surface area contributed by atoms with Crippen LogP contribution in [0.1, 0.15) is 12.8 Å². The van der Waals surface area contributed by atoms with Crippen LogP contribution in [0.25, 0.3) is 0 Å². The number of fused-ring (bicyclic) bond motifs is 1. The molecule has 2 aromatic rings. The number of aromatic nitrogens is 2. The van der Waals surface area contributed by atoms with Gasteiger partial charge in [-0.1, -0.05) is 0 Å². The molecule has 0 aliphatic carbocycles. The molecule has 1 unspecified atom stereocenters. The minimum Gasteiger partial charge on any atom is -0.338 e. The molecule has 6 nitrogen and oxygen atoms in total. The first-order valence-corrected chi connectivity index (χ1v) is 10.9. The number of sulfone groups is 1. The Bertz CT molecular complexity index is 876. The quantitative estimate of drug-likeness (QED) is 0.744. The van der Waals surface area contributed by atoms with Gasteiger partial charge in [-0.25, -0.2) is 22.8 Å². The molecular formula is C19H23FN4O2S. The van der Waals surface area contributed by atoms with Crippen molar-refractivity contribution in [3.8, 4) is 0 Å². The summed E-state index contributed by atoms with van der Waals surface area (Å²) in [4.78, 5) is 13.5. The molecule has 0 N–H and O–H groups in total. The summed E-state index contributed by atoms with van der Waals surface area (Å²) in [5.74, 6) is 0.566. The van der Waals surface area contributed by atoms with Gasteiger partial charge in [0, 0.05) is 44.6 Å². The Morgan fingerprint density at radius 2 is 1.78 bits per heavy atom. The van der Waals surface area contributed by atoms with Crippen LogP contribution in [0.4, 0.5) is 10.3 Å². The van der Waals surface area contributed by atoms with Crippen molar-refractivity contribution in [2.24, 2.45) is 5.92 Å². The first-order chi connectivity index (χ1) is 13.0. The van der Waals surface area contributed by atoms with Crippen molar-refractivity contribution in [3.63, 3.8) is 0 Å². The lowest BCUT2D eigenvalue weighted by Crippen LogP contribution is -2.57. The molecule has 2 aliphatic heterocycles. The molecule has 2 saturated heterocycles. The predicted molar refractivity (Wildman–Crippen MR) is 101 cm³/mol. The van der Waals surface area contributed by atoms with Crippen LogP contribution in [-0.4, -0.2) is 61.3 Å². The van der Waals surface area contributed by atoms with Gasteiger partial charge in [-0.3, -0.25) is 4.90 Å². The largest absolute Gasteiger partial charge is 0.338 e. The normalized spacial score (nSPS) is 23.8. The van der Waals surface area contributed by atoms with E-state index >= 15 is 0 Å². The van der Waals surface area contributed by atoms with Crippen LogP contribution in [0.5, 0.6) is 0 Å². The minimum absolute atomic E-state index is 0.107. The van der Waals surface area contributed by atoms with Gasteiger partial charge in [-0.15, -0.1) is 0 Å². The second-order valence-corrected chi connectivity index (χ2v) is 9.36. The van der Waals surface area contributed by atoms with Gasteiger partial charge in [0.25, 0.3) is 0 Å². The van der Waals surface area contributed by atoms with E-state index < -0.39 is 15.7 Å². The van der Waals surface area contributed by atoms with E-state index in [9.17, 15) is 12.8 Å². The Morgan fingerprint density at radius 3 is 2.52 bits per heavy atom. The molecule has 8 heteroatoms. The van der Waals surface area contributed by atoms with Crippen molar-refractivity contribution in [2.45, 2.75) is 23.8 Å². The second kappa shape index (κ2) is 7.52. The van der Waals surface area contributed by atoms with Crippen LogP contribution in [0.2, 0.25) is 0 Å². The molecule has 0 spiro atoms. The van der Waals surface area contributed by atoms with Crippen LogP contribution in [0.3, 0.4) is 0 Å². The van der Waals surface area contributed by atoms with Crippen molar-refractivity contribution in [1.29, 1.82) is 0 Å². The van der Waals surface area contributed by atoms with Gasteiger partial charge in [0.15, 0.2) is 9.84 Å². The molecule has 27 heavy (non-hydrogen) atoms. The summed E-state index contributed by atoms with van der Waals surface area (Å²) < 4.78 is 38.3. The Balaban J connectivity index is 1.38. The number of halogens is 1. The summed E-state index contributed by atoms with van der Waals surface area (Å²) in [5.41, 5.74) is 0. The molecule has 0 amide bonds. The third kappa shape index (κ3) is 4.11. The lowest BCUT2D eigenvalue weighted by atomic mass is 9.92. The molecule has 0 bridgehead atoms. The molecule has 2 atom stereocenters. The highest BCUT2D eigenvalue weighted by atomic mass is 32.2. The van der Waals surface area contributed by atoms with Gasteiger partial charge < -0.3 is 4.90 Å². The first kappa shape index (κ1) is 18.3. The zero-order valence-corrected chi connectivity index (χ0v) is 15.9. The summed E-state index contributed by atoms with van der Waals surface area (Å²) in [6.07, 6.45) is 5.36. The minimum atomic E-state index is -3.39. The molecule has 2 aliphatic rings. The van der Waals surface area contributed by atoms with E-state index in [0.29, 0.717) is 6.04 Å². The second-order valence-electron chi connectivity index (χ2n) is 7.32. The maximum atomic E-state index is 13.1. The highest BCUT2D eigenvalue weighted by molar-refractivity contribution is 7.91. The molecule has 2 fully saturated rings. The first-order valence-electron chi connectivity index (χ1n) is 9.25. The van der Waals surface area contributed by atoms with Gasteiger partial charge >= 0.3 is 0 Å². The standard InChI is InChI=1S/C19H23FN4O2S/c20-16-3-6-18(7-4-16)27(25,26)14-15-2-5-17-13-24(11-10-23(17)12-15)19-21-8-1-9-22-19/h1,3-4,6-9,15,17H,2,5,10-14H2/t15-,17?/m1/s1. The van der Waals surface area contributed by atoms with E-state index in [1.165, 1.54) is 24.3 Å². The monoisotopic (exact) mass is 390 g/mol. The zero-order chi connectivity index (χ0) is 18.9. The van der Waals surface area contributed by atoms with Gasteiger partial charge in [0.1, 0.15) is 5.82 Å². The molecule has 4 rings (SSSR count). The van der Waals surface area contributed by atoms with E-state index in [1.807, 2.05) is 6.07 Å². The molecule has 144 valence electrons. The summed E-state index contributed by atoms with van der Waals surface area (Å²) >= 11 is 0. The highest BCUT2D eigenvalue weighted by Gasteiger charge is 2.35. The third-order valence-corrected chi connectivity index (χ3v) is 7.37. The number of hydrogen-bond acceptors (Lipinski definition) is 6. The smallest absolute Gasteiger partial charge is 0.225 e. The fourth-order valence-electron chi connectivity index (χ4n) is 4.08. The molecule has 1 aromatic heterocycles. The van der Waals surface area contributed by atoms with Crippen molar-refractivity contribution in [2.75, 3.05) is 36.8 Å². The van der Waals surface area contributed by atoms with E-state index in [0.717, 1.165) is 45.0 Å². The molecule has 0 radical (unpaired) electrons. The number of hydrogen-bond donors (Lipinski definition) is 0. The number of benzene rings is 1. The fourth-order valence-corrected chi connectivity index (χ4v) is 5.71. The van der Waals surface area contributed by atoms with Crippen LogP contribution in [0, 0.1) is 11.7 Å². The van der Waals surface area contributed by atoms with E-state index in [4.69, 9.17) is 0 Å². The Labute approximate surface area is 159 Å². The number of rotatable bonds is 4. The number of piperidine rings is 1. The average Bonchev–Trinajstić information content (AvgIpc) is 2.68. The van der Waals surface area contributed by atoms with E-state index in [1.54, 1.807) is 12.4 Å². The van der Waals surface area contributed by atoms with E-state index in [-0.39, 0.29) is 16.6 Å². The van der Waals surface area contributed by atoms with Crippen molar-refractivity contribution >= 4 is 15.8 Å². The van der Waals surface area contributed by atoms with Crippen molar-refractivity contribution in [3.05, 3.63) is 48.5 Å². The molecular weight excluding hydrogens is 367 g/mol. The Kier molecular flexibility index (Phi) is 5.10. The van der Waals surface area contributed by atoms with Gasteiger partial charge in [0.2, 0.25) is 5.95 Å². The Morgan fingerprint density at radius 1 is 1.04 bits per heavy atom. The van der Waals surface area contributed by atoms with Crippen molar-refractivity contribution < 1.29 is 12.8 Å². The maximum Gasteiger partial charge on any atom is 0.225 e. The van der Waals surface area contributed by atoms with Crippen LogP contribution < -0.4 is 4.90 Å². The number of piperazine rings is 1. The maximum absolute atomic E-state index is 13.1. The molecule has 3 heterocycles. The predicted octanol–water partition coefficient (Wildman–Crippen LogP) is 1.99. The molecule has 0 saturated carbocycles. The molecule has 1 aromatic carbocycles. The summed E-state index contributed by atoms with van der Waals surface area (Å²) in [6.45, 7) is 3.39.